The first-order valence-electron chi connectivity index (χ1n) is 8.01. The number of ether oxygens (including phenoxy) is 2. The van der Waals surface area contributed by atoms with E-state index in [9.17, 15) is 9.18 Å². The third-order valence-corrected chi connectivity index (χ3v) is 3.88. The molecule has 23 heavy (non-hydrogen) atoms. The third kappa shape index (κ3) is 5.10. The van der Waals surface area contributed by atoms with E-state index in [-0.39, 0.29) is 0 Å². The van der Waals surface area contributed by atoms with Crippen molar-refractivity contribution in [3.8, 4) is 11.5 Å². The molecule has 1 aliphatic heterocycles. The highest BCUT2D eigenvalue weighted by molar-refractivity contribution is 5.72. The largest absolute Gasteiger partial charge is 0.490 e. The molecule has 0 saturated carbocycles. The topological polar surface area (TPSA) is 59.0 Å². The number of hydrogen-bond donors (Lipinski definition) is 1. The van der Waals surface area contributed by atoms with Crippen LogP contribution in [0.25, 0.3) is 0 Å². The Balaban J connectivity index is 2.07. The maximum Gasteiger partial charge on any atom is 0.344 e. The number of carboxylic acid groups (broad SMARTS) is 1. The zero-order valence-corrected chi connectivity index (χ0v) is 13.6. The fraction of sp³-hybridized carbons (Fsp3) is 0.588. The minimum atomic E-state index is -1.02. The molecule has 5 nitrogen and oxygen atoms in total. The van der Waals surface area contributed by atoms with Gasteiger partial charge in [0.25, 0.3) is 0 Å². The lowest BCUT2D eigenvalue weighted by Crippen LogP contribution is -2.33. The molecule has 1 atom stereocenters. The molecule has 1 aliphatic rings. The molecule has 0 bridgehead atoms. The molecule has 1 saturated heterocycles. The molecule has 1 aromatic carbocycles. The highest BCUT2D eigenvalue weighted by Gasteiger charge is 2.20. The maximum absolute atomic E-state index is 13.2. The van der Waals surface area contributed by atoms with Gasteiger partial charge in [0, 0.05) is 19.6 Å². The van der Waals surface area contributed by atoms with E-state index < -0.39 is 18.2 Å². The van der Waals surface area contributed by atoms with Crippen molar-refractivity contribution in [1.82, 2.24) is 4.90 Å². The highest BCUT2D eigenvalue weighted by atomic mass is 19.1. The van der Waals surface area contributed by atoms with E-state index in [1.165, 1.54) is 6.92 Å². The Morgan fingerprint density at radius 3 is 2.70 bits per heavy atom. The SMILES string of the molecule is CCOc1cc(CN2CCC(F)CC2)ccc1O[C@H](C)C(=O)O. The Bertz CT molecular complexity index is 529. The van der Waals surface area contributed by atoms with Gasteiger partial charge in [0.15, 0.2) is 17.6 Å². The summed E-state index contributed by atoms with van der Waals surface area (Å²) in [5.74, 6) is -0.0583. The van der Waals surface area contributed by atoms with Crippen LogP contribution in [0, 0.1) is 0 Å². The van der Waals surface area contributed by atoms with Gasteiger partial charge in [0.2, 0.25) is 0 Å². The van der Waals surface area contributed by atoms with Crippen molar-refractivity contribution in [2.45, 2.75) is 45.5 Å². The molecule has 0 spiro atoms. The average Bonchev–Trinajstić information content (AvgIpc) is 2.52. The second kappa shape index (κ2) is 8.15. The van der Waals surface area contributed by atoms with Crippen molar-refractivity contribution >= 4 is 5.97 Å². The average molecular weight is 325 g/mol. The summed E-state index contributed by atoms with van der Waals surface area (Å²) in [6.45, 7) is 6.03. The molecular formula is C17H24FNO4. The van der Waals surface area contributed by atoms with Gasteiger partial charge < -0.3 is 14.6 Å². The zero-order chi connectivity index (χ0) is 16.8. The minimum Gasteiger partial charge on any atom is -0.490 e. The van der Waals surface area contributed by atoms with Crippen molar-refractivity contribution in [3.05, 3.63) is 23.8 Å². The summed E-state index contributed by atoms with van der Waals surface area (Å²) < 4.78 is 24.2. The van der Waals surface area contributed by atoms with E-state index in [1.54, 1.807) is 6.07 Å². The van der Waals surface area contributed by atoms with Crippen LogP contribution in [0.3, 0.4) is 0 Å². The predicted octanol–water partition coefficient (Wildman–Crippen LogP) is 2.87. The molecule has 0 radical (unpaired) electrons. The smallest absolute Gasteiger partial charge is 0.344 e. The Morgan fingerprint density at radius 1 is 1.39 bits per heavy atom. The number of alkyl halides is 1. The number of hydrogen-bond acceptors (Lipinski definition) is 4. The molecular weight excluding hydrogens is 301 g/mol. The summed E-state index contributed by atoms with van der Waals surface area (Å²) in [6.07, 6.45) is -0.465. The molecule has 1 heterocycles. The predicted molar refractivity (Wildman–Crippen MR) is 84.7 cm³/mol. The van der Waals surface area contributed by atoms with E-state index in [1.807, 2.05) is 19.1 Å². The van der Waals surface area contributed by atoms with Crippen molar-refractivity contribution in [2.75, 3.05) is 19.7 Å². The molecule has 1 fully saturated rings. The number of rotatable bonds is 7. The maximum atomic E-state index is 13.2. The van der Waals surface area contributed by atoms with Crippen LogP contribution in [0.4, 0.5) is 4.39 Å². The fourth-order valence-electron chi connectivity index (χ4n) is 2.58. The molecule has 1 aromatic rings. The second-order valence-corrected chi connectivity index (χ2v) is 5.76. The number of halogens is 1. The van der Waals surface area contributed by atoms with E-state index in [0.717, 1.165) is 25.2 Å². The lowest BCUT2D eigenvalue weighted by molar-refractivity contribution is -0.144. The first-order valence-corrected chi connectivity index (χ1v) is 8.01. The number of piperidine rings is 1. The lowest BCUT2D eigenvalue weighted by atomic mass is 10.1. The first kappa shape index (κ1) is 17.5. The Labute approximate surface area is 136 Å². The van der Waals surface area contributed by atoms with Crippen LogP contribution >= 0.6 is 0 Å². The molecule has 128 valence electrons. The summed E-state index contributed by atoms with van der Waals surface area (Å²) in [5, 5.41) is 8.95. The van der Waals surface area contributed by atoms with Crippen LogP contribution < -0.4 is 9.47 Å². The van der Waals surface area contributed by atoms with Gasteiger partial charge in [-0.3, -0.25) is 4.90 Å². The quantitative estimate of drug-likeness (QED) is 0.835. The third-order valence-electron chi connectivity index (χ3n) is 3.88. The van der Waals surface area contributed by atoms with E-state index >= 15 is 0 Å². The van der Waals surface area contributed by atoms with Crippen LogP contribution in [0.2, 0.25) is 0 Å². The van der Waals surface area contributed by atoms with Crippen LogP contribution in [0.5, 0.6) is 11.5 Å². The van der Waals surface area contributed by atoms with Crippen LogP contribution in [0.15, 0.2) is 18.2 Å². The minimum absolute atomic E-state index is 0.424. The molecule has 0 amide bonds. The van der Waals surface area contributed by atoms with E-state index in [2.05, 4.69) is 4.90 Å². The van der Waals surface area contributed by atoms with Crippen molar-refractivity contribution < 1.29 is 23.8 Å². The summed E-state index contributed by atoms with van der Waals surface area (Å²) in [5.41, 5.74) is 1.04. The molecule has 1 N–H and O–H groups in total. The molecule has 0 unspecified atom stereocenters. The molecule has 2 rings (SSSR count). The standard InChI is InChI=1S/C17H24FNO4/c1-3-22-16-10-13(11-19-8-6-14(18)7-9-19)4-5-15(16)23-12(2)17(20)21/h4-5,10,12,14H,3,6-9,11H2,1-2H3,(H,20,21)/t12-/m1/s1. The Kier molecular flexibility index (Phi) is 6.21. The van der Waals surface area contributed by atoms with Crippen molar-refractivity contribution in [2.24, 2.45) is 0 Å². The van der Waals surface area contributed by atoms with Gasteiger partial charge in [0.05, 0.1) is 6.61 Å². The van der Waals surface area contributed by atoms with Crippen LogP contribution in [-0.4, -0.2) is 47.9 Å². The molecule has 0 aromatic heterocycles. The van der Waals surface area contributed by atoms with Crippen LogP contribution in [0.1, 0.15) is 32.3 Å². The van der Waals surface area contributed by atoms with E-state index in [0.29, 0.717) is 30.9 Å². The number of aliphatic carboxylic acids is 1. The van der Waals surface area contributed by atoms with Gasteiger partial charge in [-0.2, -0.15) is 0 Å². The number of benzene rings is 1. The van der Waals surface area contributed by atoms with E-state index in [4.69, 9.17) is 14.6 Å². The Hall–Kier alpha value is -1.82. The number of carbonyl (C=O) groups is 1. The summed E-state index contributed by atoms with van der Waals surface area (Å²) in [4.78, 5) is 13.1. The summed E-state index contributed by atoms with van der Waals surface area (Å²) >= 11 is 0. The number of nitrogens with zero attached hydrogens (tertiary/aromatic N) is 1. The lowest BCUT2D eigenvalue weighted by Gasteiger charge is -2.28. The first-order chi connectivity index (χ1) is 11.0. The normalized spacial score (nSPS) is 17.7. The molecule has 0 aliphatic carbocycles. The van der Waals surface area contributed by atoms with Crippen molar-refractivity contribution in [1.29, 1.82) is 0 Å². The number of likely N-dealkylation sites (tertiary alicyclic amines) is 1. The zero-order valence-electron chi connectivity index (χ0n) is 13.6. The highest BCUT2D eigenvalue weighted by Crippen LogP contribution is 2.30. The van der Waals surface area contributed by atoms with Gasteiger partial charge in [-0.1, -0.05) is 6.07 Å². The second-order valence-electron chi connectivity index (χ2n) is 5.76. The summed E-state index contributed by atoms with van der Waals surface area (Å²) in [7, 11) is 0. The van der Waals surface area contributed by atoms with Gasteiger partial charge >= 0.3 is 5.97 Å². The van der Waals surface area contributed by atoms with Gasteiger partial charge in [0.1, 0.15) is 6.17 Å². The Morgan fingerprint density at radius 2 is 2.09 bits per heavy atom. The number of carboxylic acids is 1. The summed E-state index contributed by atoms with van der Waals surface area (Å²) in [6, 6.07) is 5.50. The van der Waals surface area contributed by atoms with Gasteiger partial charge in [-0.05, 0) is 44.4 Å². The van der Waals surface area contributed by atoms with Crippen LogP contribution in [-0.2, 0) is 11.3 Å². The monoisotopic (exact) mass is 325 g/mol. The molecule has 6 heteroatoms. The van der Waals surface area contributed by atoms with Crippen molar-refractivity contribution in [3.63, 3.8) is 0 Å². The van der Waals surface area contributed by atoms with Gasteiger partial charge in [-0.25, -0.2) is 9.18 Å². The fourth-order valence-corrected chi connectivity index (χ4v) is 2.58. The van der Waals surface area contributed by atoms with Gasteiger partial charge in [-0.15, -0.1) is 0 Å².